The Labute approximate surface area is 237 Å². The molecule has 2 aromatic heterocycles. The average Bonchev–Trinajstić information content (AvgIpc) is 3.24. The maximum atomic E-state index is 16.5. The number of likely N-dealkylation sites (N-methyl/N-ethyl adjacent to an activating group) is 1. The van der Waals surface area contributed by atoms with Gasteiger partial charge in [0.25, 0.3) is 5.91 Å². The van der Waals surface area contributed by atoms with E-state index >= 15 is 4.39 Å². The lowest BCUT2D eigenvalue weighted by molar-refractivity contribution is -0.130. The van der Waals surface area contributed by atoms with E-state index in [1.165, 1.54) is 16.0 Å². The normalized spacial score (nSPS) is 27.9. The number of carbonyl (C=O) groups excluding carboxylic acids is 1. The van der Waals surface area contributed by atoms with Crippen molar-refractivity contribution in [2.75, 3.05) is 38.2 Å². The number of hydrogen-bond donors (Lipinski definition) is 0. The van der Waals surface area contributed by atoms with Crippen LogP contribution >= 0.6 is 0 Å². The second-order valence-corrected chi connectivity index (χ2v) is 12.3. The molecule has 1 amide bonds. The first-order valence-corrected chi connectivity index (χ1v) is 14.6. The van der Waals surface area contributed by atoms with Gasteiger partial charge in [0.1, 0.15) is 23.6 Å². The first-order valence-electron chi connectivity index (χ1n) is 14.6. The molecule has 5 aliphatic rings. The van der Waals surface area contributed by atoms with Crippen LogP contribution < -0.4 is 9.64 Å². The van der Waals surface area contributed by atoms with Gasteiger partial charge in [-0.15, -0.1) is 0 Å². The third kappa shape index (κ3) is 3.86. The number of pyridine rings is 1. The van der Waals surface area contributed by atoms with Crippen LogP contribution in [0, 0.1) is 11.7 Å². The van der Waals surface area contributed by atoms with Crippen LogP contribution in [0.3, 0.4) is 0 Å². The van der Waals surface area contributed by atoms with Crippen molar-refractivity contribution in [3.63, 3.8) is 0 Å². The molecule has 4 fully saturated rings. The first kappa shape index (κ1) is 25.1. The molecule has 3 aliphatic heterocycles. The van der Waals surface area contributed by atoms with Gasteiger partial charge in [0.15, 0.2) is 11.6 Å². The van der Waals surface area contributed by atoms with Crippen molar-refractivity contribution in [3.05, 3.63) is 53.7 Å². The highest BCUT2D eigenvalue weighted by Gasteiger charge is 2.50. The number of benzene rings is 1. The highest BCUT2D eigenvalue weighted by molar-refractivity contribution is 5.94. The molecule has 1 saturated carbocycles. The fraction of sp³-hybridized carbons (Fsp3) is 0.484. The van der Waals surface area contributed by atoms with Crippen LogP contribution in [0.15, 0.2) is 36.8 Å². The zero-order valence-corrected chi connectivity index (χ0v) is 23.0. The summed E-state index contributed by atoms with van der Waals surface area (Å²) in [4.78, 5) is 32.2. The highest BCUT2D eigenvalue weighted by atomic mass is 19.1. The Balaban J connectivity index is 1.19. The van der Waals surface area contributed by atoms with Gasteiger partial charge in [0.2, 0.25) is 0 Å². The van der Waals surface area contributed by atoms with E-state index in [1.807, 2.05) is 17.0 Å². The molecule has 8 nitrogen and oxygen atoms in total. The van der Waals surface area contributed by atoms with E-state index in [0.717, 1.165) is 37.8 Å². The number of halogens is 2. The molecule has 0 spiro atoms. The molecule has 8 rings (SSSR count). The Morgan fingerprint density at radius 3 is 2.88 bits per heavy atom. The van der Waals surface area contributed by atoms with Crippen molar-refractivity contribution < 1.29 is 18.3 Å². The minimum atomic E-state index is -0.951. The number of nitrogens with zero attached hydrogens (tertiary/aromatic N) is 6. The fourth-order valence-electron chi connectivity index (χ4n) is 7.67. The number of hydrogen-bond acceptors (Lipinski definition) is 7. The zero-order valence-electron chi connectivity index (χ0n) is 23.0. The standard InChI is InChI=1S/C31H32F2N6O2/c1-16(32)30(40)38-10-8-23-24(38)14-39(23)29-22-13-34-27(20-7-3-5-17-11-18-12-21(18)25(17)20)26(33)28(22)35-31(36-29)41-15-19-6-4-9-37(19)2/h3,5,7,13,18-19,21,23-24H,1,4,6,8-12,14-15H2,2H3/t18?,19-,21?,23+,24+/m0/s1. The molecule has 3 saturated heterocycles. The summed E-state index contributed by atoms with van der Waals surface area (Å²) in [5.41, 5.74) is 3.87. The number of fused-ring (bicyclic) bond motifs is 5. The van der Waals surface area contributed by atoms with Crippen LogP contribution in [-0.4, -0.2) is 82.1 Å². The quantitative estimate of drug-likeness (QED) is 0.419. The molecule has 1 aromatic carbocycles. The van der Waals surface area contributed by atoms with Crippen molar-refractivity contribution >= 4 is 22.6 Å². The summed E-state index contributed by atoms with van der Waals surface area (Å²) in [5.74, 6) is -0.386. The van der Waals surface area contributed by atoms with Gasteiger partial charge in [-0.2, -0.15) is 9.97 Å². The van der Waals surface area contributed by atoms with Crippen LogP contribution in [0.4, 0.5) is 14.6 Å². The molecule has 212 valence electrons. The van der Waals surface area contributed by atoms with Crippen LogP contribution in [0.25, 0.3) is 22.2 Å². The molecule has 5 heterocycles. The SMILES string of the molecule is C=C(F)C(=O)N1CC[C@@H]2[C@H]1CN2c1nc(OC[C@@H]2CCCN2C)nc2c(F)c(-c3cccc4c3C3CC3C4)ncc12. The van der Waals surface area contributed by atoms with Crippen molar-refractivity contribution in [1.29, 1.82) is 0 Å². The predicted octanol–water partition coefficient (Wildman–Crippen LogP) is 4.24. The topological polar surface area (TPSA) is 74.7 Å². The van der Waals surface area contributed by atoms with Crippen molar-refractivity contribution in [2.24, 2.45) is 5.92 Å². The van der Waals surface area contributed by atoms with E-state index in [4.69, 9.17) is 9.72 Å². The molecular weight excluding hydrogens is 526 g/mol. The smallest absolute Gasteiger partial charge is 0.319 e. The molecule has 10 heteroatoms. The van der Waals surface area contributed by atoms with Gasteiger partial charge in [0.05, 0.1) is 17.5 Å². The van der Waals surface area contributed by atoms with E-state index in [2.05, 4.69) is 34.6 Å². The molecule has 0 N–H and O–H groups in total. The van der Waals surface area contributed by atoms with Crippen LogP contribution in [0.2, 0.25) is 0 Å². The maximum Gasteiger partial charge on any atom is 0.319 e. The fourth-order valence-corrected chi connectivity index (χ4v) is 7.67. The van der Waals surface area contributed by atoms with E-state index in [9.17, 15) is 9.18 Å². The average molecular weight is 559 g/mol. The van der Waals surface area contributed by atoms with Gasteiger partial charge in [-0.05, 0) is 68.7 Å². The van der Waals surface area contributed by atoms with Gasteiger partial charge in [-0.1, -0.05) is 24.8 Å². The van der Waals surface area contributed by atoms with Crippen molar-refractivity contribution in [2.45, 2.75) is 56.1 Å². The van der Waals surface area contributed by atoms with Gasteiger partial charge in [0, 0.05) is 30.9 Å². The predicted molar refractivity (Wildman–Crippen MR) is 150 cm³/mol. The van der Waals surface area contributed by atoms with Gasteiger partial charge < -0.3 is 19.4 Å². The Hall–Kier alpha value is -3.66. The second kappa shape index (κ2) is 9.17. The Kier molecular flexibility index (Phi) is 5.61. The Bertz CT molecular complexity index is 1610. The molecule has 3 aromatic rings. The zero-order chi connectivity index (χ0) is 28.0. The maximum absolute atomic E-state index is 16.5. The molecule has 5 atom stereocenters. The highest BCUT2D eigenvalue weighted by Crippen LogP contribution is 2.58. The van der Waals surface area contributed by atoms with Crippen molar-refractivity contribution in [1.82, 2.24) is 24.8 Å². The van der Waals surface area contributed by atoms with Gasteiger partial charge >= 0.3 is 6.01 Å². The third-order valence-corrected chi connectivity index (χ3v) is 10.0. The summed E-state index contributed by atoms with van der Waals surface area (Å²) < 4.78 is 36.3. The number of likely N-dealkylation sites (tertiary alicyclic amines) is 2. The summed E-state index contributed by atoms with van der Waals surface area (Å²) >= 11 is 0. The molecule has 0 radical (unpaired) electrons. The summed E-state index contributed by atoms with van der Waals surface area (Å²) in [6.45, 7) is 5.51. The lowest BCUT2D eigenvalue weighted by atomic mass is 9.95. The minimum absolute atomic E-state index is 0.0582. The van der Waals surface area contributed by atoms with Gasteiger partial charge in [-0.25, -0.2) is 8.78 Å². The summed E-state index contributed by atoms with van der Waals surface area (Å²) in [6.07, 6.45) is 6.68. The Morgan fingerprint density at radius 2 is 2.07 bits per heavy atom. The molecule has 2 unspecified atom stereocenters. The van der Waals surface area contributed by atoms with Crippen LogP contribution in [-0.2, 0) is 11.2 Å². The van der Waals surface area contributed by atoms with E-state index in [0.29, 0.717) is 54.9 Å². The van der Waals surface area contributed by atoms with Crippen LogP contribution in [0.1, 0.15) is 42.7 Å². The van der Waals surface area contributed by atoms with Crippen LogP contribution in [0.5, 0.6) is 6.01 Å². The minimum Gasteiger partial charge on any atom is -0.462 e. The number of anilines is 1. The Morgan fingerprint density at radius 1 is 1.20 bits per heavy atom. The lowest BCUT2D eigenvalue weighted by Crippen LogP contribution is -2.63. The molecule has 2 aliphatic carbocycles. The lowest BCUT2D eigenvalue weighted by Gasteiger charge is -2.47. The first-order chi connectivity index (χ1) is 19.9. The summed E-state index contributed by atoms with van der Waals surface area (Å²) in [7, 11) is 2.08. The van der Waals surface area contributed by atoms with E-state index < -0.39 is 17.6 Å². The summed E-state index contributed by atoms with van der Waals surface area (Å²) in [6, 6.07) is 6.28. The number of rotatable bonds is 6. The van der Waals surface area contributed by atoms with E-state index in [-0.39, 0.29) is 29.7 Å². The summed E-state index contributed by atoms with van der Waals surface area (Å²) in [5, 5.41) is 0.506. The molecular formula is C31H32F2N6O2. The number of aromatic nitrogens is 3. The van der Waals surface area contributed by atoms with Crippen molar-refractivity contribution in [3.8, 4) is 17.3 Å². The monoisotopic (exact) mass is 558 g/mol. The number of ether oxygens (including phenoxy) is 1. The van der Waals surface area contributed by atoms with Gasteiger partial charge in [-0.3, -0.25) is 9.78 Å². The second-order valence-electron chi connectivity index (χ2n) is 12.3. The molecule has 0 bridgehead atoms. The number of carbonyl (C=O) groups is 1. The van der Waals surface area contributed by atoms with E-state index in [1.54, 1.807) is 6.20 Å². The third-order valence-electron chi connectivity index (χ3n) is 10.0. The largest absolute Gasteiger partial charge is 0.462 e. The molecule has 41 heavy (non-hydrogen) atoms. The number of amides is 1.